The fraction of sp³-hybridized carbons (Fsp3) is 0.286. The van der Waals surface area contributed by atoms with Crippen molar-refractivity contribution in [1.82, 2.24) is 4.31 Å². The number of benzene rings is 2. The van der Waals surface area contributed by atoms with Crippen LogP contribution < -0.4 is 9.47 Å². The molecule has 0 saturated carbocycles. The van der Waals surface area contributed by atoms with Crippen LogP contribution in [0.1, 0.15) is 11.1 Å². The maximum absolute atomic E-state index is 12.4. The molecule has 0 radical (unpaired) electrons. The van der Waals surface area contributed by atoms with E-state index in [0.29, 0.717) is 11.3 Å². The molecule has 0 N–H and O–H groups in total. The van der Waals surface area contributed by atoms with Gasteiger partial charge in [0.05, 0.1) is 7.11 Å². The van der Waals surface area contributed by atoms with Crippen LogP contribution in [0.3, 0.4) is 0 Å². The van der Waals surface area contributed by atoms with Crippen molar-refractivity contribution < 1.29 is 27.4 Å². The number of hydrogen-bond donors (Lipinski definition) is 0. The first-order chi connectivity index (χ1) is 13.7. The number of methoxy groups -OCH3 is 1. The van der Waals surface area contributed by atoms with Gasteiger partial charge < -0.3 is 14.2 Å². The monoisotopic (exact) mass is 419 g/mol. The summed E-state index contributed by atoms with van der Waals surface area (Å²) < 4.78 is 41.7. The number of sulfonamides is 1. The van der Waals surface area contributed by atoms with Crippen LogP contribution in [0.2, 0.25) is 0 Å². The Balaban J connectivity index is 1.94. The smallest absolute Gasteiger partial charge is 0.330 e. The molecular weight excluding hydrogens is 394 g/mol. The number of ether oxygens (including phenoxy) is 3. The summed E-state index contributed by atoms with van der Waals surface area (Å²) in [5, 5.41) is 0. The van der Waals surface area contributed by atoms with Crippen LogP contribution in [-0.2, 0) is 19.6 Å². The highest BCUT2D eigenvalue weighted by atomic mass is 32.2. The Kier molecular flexibility index (Phi) is 7.81. The number of aryl methyl sites for hydroxylation is 1. The number of nitrogens with zero attached hydrogens (tertiary/aromatic N) is 1. The molecule has 0 saturated heterocycles. The summed E-state index contributed by atoms with van der Waals surface area (Å²) in [6.45, 7) is 2.32. The van der Waals surface area contributed by atoms with Gasteiger partial charge in [-0.1, -0.05) is 23.8 Å². The minimum Gasteiger partial charge on any atom is -0.495 e. The minimum absolute atomic E-state index is 0.0204. The molecule has 0 aliphatic heterocycles. The number of hydrogen-bond acceptors (Lipinski definition) is 6. The van der Waals surface area contributed by atoms with Gasteiger partial charge in [-0.2, -0.15) is 0 Å². The number of carbonyl (C=O) groups is 1. The van der Waals surface area contributed by atoms with Crippen molar-refractivity contribution in [2.75, 3.05) is 34.4 Å². The zero-order valence-corrected chi connectivity index (χ0v) is 17.7. The van der Waals surface area contributed by atoms with Crippen LogP contribution in [0.4, 0.5) is 0 Å². The van der Waals surface area contributed by atoms with Gasteiger partial charge in [-0.3, -0.25) is 0 Å². The Morgan fingerprint density at radius 1 is 1.07 bits per heavy atom. The summed E-state index contributed by atoms with van der Waals surface area (Å²) in [4.78, 5) is 11.9. The van der Waals surface area contributed by atoms with Gasteiger partial charge in [-0.05, 0) is 42.8 Å². The Morgan fingerprint density at radius 3 is 2.38 bits per heavy atom. The predicted molar refractivity (Wildman–Crippen MR) is 111 cm³/mol. The third kappa shape index (κ3) is 6.33. The fourth-order valence-electron chi connectivity index (χ4n) is 2.34. The highest BCUT2D eigenvalue weighted by Gasteiger charge is 2.22. The van der Waals surface area contributed by atoms with Crippen LogP contribution in [0.25, 0.3) is 6.08 Å². The molecule has 0 aliphatic rings. The lowest BCUT2D eigenvalue weighted by molar-refractivity contribution is -0.138. The van der Waals surface area contributed by atoms with Gasteiger partial charge in [0.15, 0.2) is 0 Å². The Hall–Kier alpha value is -2.84. The van der Waals surface area contributed by atoms with E-state index in [9.17, 15) is 13.2 Å². The molecule has 0 heterocycles. The van der Waals surface area contributed by atoms with E-state index in [1.54, 1.807) is 6.07 Å². The van der Waals surface area contributed by atoms with Crippen molar-refractivity contribution in [1.29, 1.82) is 0 Å². The number of rotatable bonds is 9. The molecule has 0 unspecified atom stereocenters. The second-order valence-electron chi connectivity index (χ2n) is 6.36. The van der Waals surface area contributed by atoms with Crippen molar-refractivity contribution in [3.8, 4) is 11.5 Å². The van der Waals surface area contributed by atoms with E-state index < -0.39 is 16.0 Å². The molecule has 8 heteroatoms. The molecule has 0 amide bonds. The first kappa shape index (κ1) is 22.4. The molecule has 0 atom stereocenters. The van der Waals surface area contributed by atoms with Gasteiger partial charge in [0.1, 0.15) is 29.6 Å². The predicted octanol–water partition coefficient (Wildman–Crippen LogP) is 2.89. The largest absolute Gasteiger partial charge is 0.495 e. The topological polar surface area (TPSA) is 82.1 Å². The van der Waals surface area contributed by atoms with Crippen molar-refractivity contribution in [3.05, 3.63) is 59.7 Å². The highest BCUT2D eigenvalue weighted by Crippen LogP contribution is 2.27. The van der Waals surface area contributed by atoms with Crippen molar-refractivity contribution in [2.24, 2.45) is 0 Å². The molecule has 156 valence electrons. The molecule has 7 nitrogen and oxygen atoms in total. The molecular formula is C21H25NO6S. The highest BCUT2D eigenvalue weighted by molar-refractivity contribution is 7.89. The summed E-state index contributed by atoms with van der Waals surface area (Å²) in [6, 6.07) is 12.2. The van der Waals surface area contributed by atoms with Crippen LogP contribution in [0.15, 0.2) is 53.4 Å². The van der Waals surface area contributed by atoms with E-state index in [1.807, 2.05) is 31.2 Å². The third-order valence-corrected chi connectivity index (χ3v) is 5.81. The molecule has 29 heavy (non-hydrogen) atoms. The normalized spacial score (nSPS) is 11.6. The fourth-order valence-corrected chi connectivity index (χ4v) is 3.43. The molecule has 0 fully saturated rings. The van der Waals surface area contributed by atoms with Gasteiger partial charge >= 0.3 is 5.97 Å². The van der Waals surface area contributed by atoms with Crippen LogP contribution in [0, 0.1) is 6.92 Å². The first-order valence-corrected chi connectivity index (χ1v) is 10.3. The molecule has 2 aromatic carbocycles. The van der Waals surface area contributed by atoms with Gasteiger partial charge in [-0.15, -0.1) is 0 Å². The van der Waals surface area contributed by atoms with Gasteiger partial charge in [0, 0.05) is 20.2 Å². The molecule has 0 spiro atoms. The third-order valence-electron chi connectivity index (χ3n) is 3.98. The summed E-state index contributed by atoms with van der Waals surface area (Å²) in [5.74, 6) is 0.382. The second kappa shape index (κ2) is 10.1. The Labute approximate surface area is 171 Å². The van der Waals surface area contributed by atoms with E-state index in [1.165, 1.54) is 45.5 Å². The molecule has 0 aliphatic carbocycles. The average molecular weight is 419 g/mol. The summed E-state index contributed by atoms with van der Waals surface area (Å²) in [5.41, 5.74) is 1.66. The maximum Gasteiger partial charge on any atom is 0.330 e. The summed E-state index contributed by atoms with van der Waals surface area (Å²) in [6.07, 6.45) is 2.72. The zero-order chi connectivity index (χ0) is 21.4. The van der Waals surface area contributed by atoms with Gasteiger partial charge in [0.25, 0.3) is 0 Å². The molecule has 2 aromatic rings. The second-order valence-corrected chi connectivity index (χ2v) is 8.48. The molecule has 0 bridgehead atoms. The molecule has 2 rings (SSSR count). The summed E-state index contributed by atoms with van der Waals surface area (Å²) in [7, 11) is 0.588. The van der Waals surface area contributed by atoms with Crippen molar-refractivity contribution >= 4 is 22.1 Å². The van der Waals surface area contributed by atoms with Crippen LogP contribution >= 0.6 is 0 Å². The average Bonchev–Trinajstić information content (AvgIpc) is 2.70. The first-order valence-electron chi connectivity index (χ1n) is 8.89. The van der Waals surface area contributed by atoms with E-state index in [-0.39, 0.29) is 23.9 Å². The van der Waals surface area contributed by atoms with Crippen molar-refractivity contribution in [2.45, 2.75) is 11.8 Å². The number of esters is 1. The lowest BCUT2D eigenvalue weighted by Gasteiger charge is -2.14. The van der Waals surface area contributed by atoms with E-state index >= 15 is 0 Å². The Morgan fingerprint density at radius 2 is 1.76 bits per heavy atom. The van der Waals surface area contributed by atoms with Gasteiger partial charge in [-0.25, -0.2) is 17.5 Å². The lowest BCUT2D eigenvalue weighted by Crippen LogP contribution is -2.22. The van der Waals surface area contributed by atoms with Crippen LogP contribution in [0.5, 0.6) is 11.5 Å². The van der Waals surface area contributed by atoms with Gasteiger partial charge in [0.2, 0.25) is 10.0 Å². The molecule has 0 aromatic heterocycles. The van der Waals surface area contributed by atoms with Crippen molar-refractivity contribution in [3.63, 3.8) is 0 Å². The van der Waals surface area contributed by atoms with Crippen LogP contribution in [-0.4, -0.2) is 53.1 Å². The maximum atomic E-state index is 12.4. The Bertz CT molecular complexity index is 965. The quantitative estimate of drug-likeness (QED) is 0.353. The van der Waals surface area contributed by atoms with E-state index in [0.717, 1.165) is 9.87 Å². The minimum atomic E-state index is -3.69. The zero-order valence-electron chi connectivity index (χ0n) is 16.9. The standard InChI is InChI=1S/C21H25NO6S/c1-16-5-9-18(10-6-16)27-13-14-28-21(23)12-8-17-7-11-19(26-4)20(15-17)29(24,25)22(2)3/h5-12,15H,13-14H2,1-4H3/b12-8+. The SMILES string of the molecule is COc1ccc(/C=C/C(=O)OCCOc2ccc(C)cc2)cc1S(=O)(=O)N(C)C. The summed E-state index contributed by atoms with van der Waals surface area (Å²) >= 11 is 0. The van der Waals surface area contributed by atoms with E-state index in [2.05, 4.69) is 0 Å². The lowest BCUT2D eigenvalue weighted by atomic mass is 10.2. The number of carbonyl (C=O) groups excluding carboxylic acids is 1. The van der Waals surface area contributed by atoms with E-state index in [4.69, 9.17) is 14.2 Å².